The Balaban J connectivity index is 1.65. The van der Waals surface area contributed by atoms with Gasteiger partial charge in [0.05, 0.1) is 0 Å². The van der Waals surface area contributed by atoms with Crippen LogP contribution in [0.4, 0.5) is 0 Å². The third-order valence-corrected chi connectivity index (χ3v) is 4.56. The van der Waals surface area contributed by atoms with Gasteiger partial charge in [-0.2, -0.15) is 5.10 Å². The maximum absolute atomic E-state index is 12.8. The summed E-state index contributed by atoms with van der Waals surface area (Å²) < 4.78 is 0. The number of aromatic amines is 1. The molecule has 0 aliphatic carbocycles. The highest BCUT2D eigenvalue weighted by Gasteiger charge is 2.29. The summed E-state index contributed by atoms with van der Waals surface area (Å²) in [4.78, 5) is 26.4. The van der Waals surface area contributed by atoms with Crippen molar-refractivity contribution in [3.05, 3.63) is 17.0 Å². The van der Waals surface area contributed by atoms with E-state index in [-0.39, 0.29) is 17.9 Å². The largest absolute Gasteiger partial charge is 0.352 e. The zero-order valence-electron chi connectivity index (χ0n) is 13.7. The minimum Gasteiger partial charge on any atom is -0.352 e. The van der Waals surface area contributed by atoms with Crippen LogP contribution in [-0.2, 0) is 17.8 Å². The maximum Gasteiger partial charge on any atom is 0.274 e. The van der Waals surface area contributed by atoms with Gasteiger partial charge in [0, 0.05) is 56.3 Å². The third kappa shape index (κ3) is 3.55. The first-order valence-corrected chi connectivity index (χ1v) is 8.54. The van der Waals surface area contributed by atoms with E-state index in [0.29, 0.717) is 25.2 Å². The summed E-state index contributed by atoms with van der Waals surface area (Å²) in [6.45, 7) is 4.90. The fourth-order valence-corrected chi connectivity index (χ4v) is 3.36. The number of amides is 2. The van der Waals surface area contributed by atoms with Crippen LogP contribution >= 0.6 is 0 Å². The molecule has 7 heteroatoms. The number of H-pyrrole nitrogens is 1. The summed E-state index contributed by atoms with van der Waals surface area (Å²) in [7, 11) is 0. The summed E-state index contributed by atoms with van der Waals surface area (Å²) in [5.41, 5.74) is 2.60. The first kappa shape index (κ1) is 16.0. The Labute approximate surface area is 136 Å². The fourth-order valence-electron chi connectivity index (χ4n) is 3.36. The molecule has 0 spiro atoms. The SMILES string of the molecule is CCCC(=O)NC1CCCN(C(=O)c2n[nH]c3c2CNCC3)C1. The summed E-state index contributed by atoms with van der Waals surface area (Å²) >= 11 is 0. The smallest absolute Gasteiger partial charge is 0.274 e. The Morgan fingerprint density at radius 3 is 3.13 bits per heavy atom. The number of piperidine rings is 1. The molecule has 2 aliphatic heterocycles. The maximum atomic E-state index is 12.8. The van der Waals surface area contributed by atoms with Gasteiger partial charge in [0.25, 0.3) is 5.91 Å². The number of carbonyl (C=O) groups is 2. The fraction of sp³-hybridized carbons (Fsp3) is 0.688. The number of likely N-dealkylation sites (tertiary alicyclic amines) is 1. The van der Waals surface area contributed by atoms with E-state index in [1.165, 1.54) is 0 Å². The molecule has 0 bridgehead atoms. The van der Waals surface area contributed by atoms with Crippen molar-refractivity contribution < 1.29 is 9.59 Å². The molecular formula is C16H25N5O2. The van der Waals surface area contributed by atoms with E-state index in [4.69, 9.17) is 0 Å². The predicted molar refractivity (Wildman–Crippen MR) is 86.0 cm³/mol. The summed E-state index contributed by atoms with van der Waals surface area (Å²) in [5.74, 6) is 0.0498. The first-order chi connectivity index (χ1) is 11.2. The van der Waals surface area contributed by atoms with Gasteiger partial charge in [-0.25, -0.2) is 0 Å². The normalized spacial score (nSPS) is 20.9. The van der Waals surface area contributed by atoms with Crippen LogP contribution in [0.1, 0.15) is 54.4 Å². The molecule has 3 N–H and O–H groups in total. The second-order valence-corrected chi connectivity index (χ2v) is 6.36. The van der Waals surface area contributed by atoms with Crippen LogP contribution in [0.25, 0.3) is 0 Å². The van der Waals surface area contributed by atoms with Crippen molar-refractivity contribution in [1.82, 2.24) is 25.7 Å². The second kappa shape index (κ2) is 7.12. The molecule has 1 unspecified atom stereocenters. The molecule has 7 nitrogen and oxygen atoms in total. The molecule has 1 fully saturated rings. The van der Waals surface area contributed by atoms with Crippen molar-refractivity contribution in [3.8, 4) is 0 Å². The number of aromatic nitrogens is 2. The Kier molecular flexibility index (Phi) is 4.95. The molecule has 0 radical (unpaired) electrons. The van der Waals surface area contributed by atoms with Crippen molar-refractivity contribution in [3.63, 3.8) is 0 Å². The van der Waals surface area contributed by atoms with Crippen molar-refractivity contribution in [2.75, 3.05) is 19.6 Å². The number of carbonyl (C=O) groups excluding carboxylic acids is 2. The molecule has 0 saturated carbocycles. The highest BCUT2D eigenvalue weighted by molar-refractivity contribution is 5.94. The number of nitrogens with one attached hydrogen (secondary N) is 3. The molecule has 23 heavy (non-hydrogen) atoms. The number of rotatable bonds is 4. The Bertz CT molecular complexity index is 583. The van der Waals surface area contributed by atoms with Crippen molar-refractivity contribution in [1.29, 1.82) is 0 Å². The highest BCUT2D eigenvalue weighted by atomic mass is 16.2. The zero-order valence-corrected chi connectivity index (χ0v) is 13.7. The van der Waals surface area contributed by atoms with Gasteiger partial charge in [-0.1, -0.05) is 6.92 Å². The lowest BCUT2D eigenvalue weighted by Gasteiger charge is -2.33. The molecule has 2 aliphatic rings. The van der Waals surface area contributed by atoms with Crippen LogP contribution in [-0.4, -0.2) is 52.6 Å². The standard InChI is InChI=1S/C16H25N5O2/c1-2-4-14(22)18-11-5-3-8-21(10-11)16(23)15-12-9-17-7-6-13(12)19-20-15/h11,17H,2-10H2,1H3,(H,18,22)(H,19,20). The minimum atomic E-state index is -0.0272. The van der Waals surface area contributed by atoms with E-state index in [2.05, 4.69) is 20.8 Å². The molecule has 1 aromatic heterocycles. The van der Waals surface area contributed by atoms with Crippen LogP contribution in [0.2, 0.25) is 0 Å². The summed E-state index contributed by atoms with van der Waals surface area (Å²) in [6, 6.07) is 0.0552. The average Bonchev–Trinajstić information content (AvgIpc) is 2.98. The first-order valence-electron chi connectivity index (χ1n) is 8.54. The van der Waals surface area contributed by atoms with Crippen molar-refractivity contribution >= 4 is 11.8 Å². The Hall–Kier alpha value is -1.89. The van der Waals surface area contributed by atoms with Gasteiger partial charge in [-0.05, 0) is 19.3 Å². The third-order valence-electron chi connectivity index (χ3n) is 4.56. The number of hydrogen-bond donors (Lipinski definition) is 3. The van der Waals surface area contributed by atoms with Crippen molar-refractivity contribution in [2.45, 2.75) is 51.6 Å². The van der Waals surface area contributed by atoms with Crippen LogP contribution in [0.15, 0.2) is 0 Å². The summed E-state index contributed by atoms with van der Waals surface area (Å²) in [6.07, 6.45) is 4.11. The van der Waals surface area contributed by atoms with Gasteiger partial charge < -0.3 is 15.5 Å². The molecule has 0 aromatic carbocycles. The lowest BCUT2D eigenvalue weighted by atomic mass is 10.0. The molecule has 1 aromatic rings. The van der Waals surface area contributed by atoms with E-state index < -0.39 is 0 Å². The molecule has 3 heterocycles. The Morgan fingerprint density at radius 1 is 1.43 bits per heavy atom. The van der Waals surface area contributed by atoms with Gasteiger partial charge in [0.2, 0.25) is 5.91 Å². The van der Waals surface area contributed by atoms with E-state index in [1.54, 1.807) is 0 Å². The molecule has 3 rings (SSSR count). The van der Waals surface area contributed by atoms with E-state index >= 15 is 0 Å². The van der Waals surface area contributed by atoms with Gasteiger partial charge in [0.15, 0.2) is 5.69 Å². The van der Waals surface area contributed by atoms with Crippen LogP contribution in [0.5, 0.6) is 0 Å². The van der Waals surface area contributed by atoms with Crippen LogP contribution in [0, 0.1) is 0 Å². The van der Waals surface area contributed by atoms with Crippen molar-refractivity contribution in [2.24, 2.45) is 0 Å². The second-order valence-electron chi connectivity index (χ2n) is 6.36. The van der Waals surface area contributed by atoms with E-state index in [1.807, 2.05) is 11.8 Å². The van der Waals surface area contributed by atoms with Crippen LogP contribution < -0.4 is 10.6 Å². The summed E-state index contributed by atoms with van der Waals surface area (Å²) in [5, 5.41) is 13.6. The average molecular weight is 319 g/mol. The number of fused-ring (bicyclic) bond motifs is 1. The lowest BCUT2D eigenvalue weighted by molar-refractivity contribution is -0.122. The van der Waals surface area contributed by atoms with Gasteiger partial charge >= 0.3 is 0 Å². The van der Waals surface area contributed by atoms with Gasteiger partial charge in [-0.15, -0.1) is 0 Å². The zero-order chi connectivity index (χ0) is 16.2. The molecular weight excluding hydrogens is 294 g/mol. The highest BCUT2D eigenvalue weighted by Crippen LogP contribution is 2.19. The minimum absolute atomic E-state index is 0.0272. The van der Waals surface area contributed by atoms with Gasteiger partial charge in [-0.3, -0.25) is 14.7 Å². The van der Waals surface area contributed by atoms with E-state index in [0.717, 1.165) is 50.0 Å². The monoisotopic (exact) mass is 319 g/mol. The van der Waals surface area contributed by atoms with E-state index in [9.17, 15) is 9.59 Å². The number of hydrogen-bond acceptors (Lipinski definition) is 4. The predicted octanol–water partition coefficient (Wildman–Crippen LogP) is 0.576. The molecule has 1 saturated heterocycles. The van der Waals surface area contributed by atoms with Gasteiger partial charge in [0.1, 0.15) is 0 Å². The molecule has 2 amide bonds. The topological polar surface area (TPSA) is 90.1 Å². The number of nitrogens with zero attached hydrogens (tertiary/aromatic N) is 2. The lowest BCUT2D eigenvalue weighted by Crippen LogP contribution is -2.49. The molecule has 1 atom stereocenters. The Morgan fingerprint density at radius 2 is 2.30 bits per heavy atom. The quantitative estimate of drug-likeness (QED) is 0.757. The molecule has 126 valence electrons. The van der Waals surface area contributed by atoms with Crippen LogP contribution in [0.3, 0.4) is 0 Å².